The van der Waals surface area contributed by atoms with Crippen molar-refractivity contribution in [2.45, 2.75) is 25.8 Å². The van der Waals surface area contributed by atoms with Crippen molar-refractivity contribution in [3.8, 4) is 23.0 Å². The number of rotatable bonds is 4. The Hall–Kier alpha value is -2.95. The van der Waals surface area contributed by atoms with Gasteiger partial charge in [0.1, 0.15) is 6.54 Å². The average molecular weight is 392 g/mol. The van der Waals surface area contributed by atoms with E-state index in [1.807, 2.05) is 0 Å². The molecule has 0 unspecified atom stereocenters. The van der Waals surface area contributed by atoms with Crippen molar-refractivity contribution in [2.24, 2.45) is 0 Å². The van der Waals surface area contributed by atoms with Gasteiger partial charge in [0, 0.05) is 18.4 Å². The highest BCUT2D eigenvalue weighted by atomic mass is 16.5. The SMILES string of the molecule is COc1cc2c3c(c4cc(OC)c(OC)cc4c2cc1OC)C[N+]1=C(CCC1)C3. The molecule has 5 heteroatoms. The second-order valence-electron chi connectivity index (χ2n) is 7.73. The summed E-state index contributed by atoms with van der Waals surface area (Å²) in [5, 5.41) is 4.77. The molecule has 0 bridgehead atoms. The van der Waals surface area contributed by atoms with Crippen molar-refractivity contribution in [3.05, 3.63) is 35.4 Å². The van der Waals surface area contributed by atoms with Crippen molar-refractivity contribution in [1.29, 1.82) is 0 Å². The number of hydrogen-bond acceptors (Lipinski definition) is 4. The molecule has 3 aromatic rings. The molecule has 0 aliphatic carbocycles. The summed E-state index contributed by atoms with van der Waals surface area (Å²) in [6.45, 7) is 2.09. The molecule has 0 atom stereocenters. The highest BCUT2D eigenvalue weighted by Gasteiger charge is 2.32. The molecule has 2 aliphatic heterocycles. The summed E-state index contributed by atoms with van der Waals surface area (Å²) in [5.74, 6) is 3.00. The lowest BCUT2D eigenvalue weighted by atomic mass is 9.86. The first-order valence-corrected chi connectivity index (χ1v) is 10.0. The summed E-state index contributed by atoms with van der Waals surface area (Å²) in [5.41, 5.74) is 4.33. The molecule has 0 saturated carbocycles. The van der Waals surface area contributed by atoms with Gasteiger partial charge in [-0.25, -0.2) is 4.58 Å². The minimum atomic E-state index is 0.736. The van der Waals surface area contributed by atoms with Crippen LogP contribution in [0.15, 0.2) is 24.3 Å². The standard InChI is InChI=1S/C24H26NO4/c1-26-21-9-16-15-8-14-6-5-7-25(14)13-20(15)19-12-24(29-4)23(28-3)11-18(19)17(16)10-22(21)27-2/h9-12H,5-8,13H2,1-4H3/q+1. The first-order chi connectivity index (χ1) is 14.2. The zero-order chi connectivity index (χ0) is 20.1. The molecule has 0 amide bonds. The molecule has 0 saturated heterocycles. The quantitative estimate of drug-likeness (QED) is 0.489. The van der Waals surface area contributed by atoms with Crippen LogP contribution in [0.2, 0.25) is 0 Å². The lowest BCUT2D eigenvalue weighted by molar-refractivity contribution is -0.538. The van der Waals surface area contributed by atoms with Crippen molar-refractivity contribution in [3.63, 3.8) is 0 Å². The maximum Gasteiger partial charge on any atom is 0.169 e. The largest absolute Gasteiger partial charge is 0.493 e. The maximum absolute atomic E-state index is 5.63. The average Bonchev–Trinajstić information content (AvgIpc) is 3.23. The molecule has 5 nitrogen and oxygen atoms in total. The van der Waals surface area contributed by atoms with Gasteiger partial charge in [-0.05, 0) is 51.4 Å². The Kier molecular flexibility index (Phi) is 4.26. The Morgan fingerprint density at radius 3 is 1.66 bits per heavy atom. The monoisotopic (exact) mass is 392 g/mol. The lowest BCUT2D eigenvalue weighted by Gasteiger charge is -2.22. The van der Waals surface area contributed by atoms with Crippen LogP contribution in [-0.4, -0.2) is 45.3 Å². The van der Waals surface area contributed by atoms with E-state index in [2.05, 4.69) is 28.8 Å². The van der Waals surface area contributed by atoms with Crippen LogP contribution in [0.5, 0.6) is 23.0 Å². The van der Waals surface area contributed by atoms with Crippen LogP contribution in [-0.2, 0) is 13.0 Å². The molecule has 0 N–H and O–H groups in total. The number of nitrogens with zero attached hydrogens (tertiary/aromatic N) is 1. The number of methoxy groups -OCH3 is 4. The fraction of sp³-hybridized carbons (Fsp3) is 0.375. The van der Waals surface area contributed by atoms with Crippen LogP contribution in [0, 0.1) is 0 Å². The van der Waals surface area contributed by atoms with Crippen LogP contribution in [0.1, 0.15) is 24.0 Å². The predicted molar refractivity (Wildman–Crippen MR) is 114 cm³/mol. The van der Waals surface area contributed by atoms with E-state index in [4.69, 9.17) is 18.9 Å². The van der Waals surface area contributed by atoms with Gasteiger partial charge in [0.05, 0.1) is 34.9 Å². The Balaban J connectivity index is 1.91. The zero-order valence-corrected chi connectivity index (χ0v) is 17.4. The summed E-state index contributed by atoms with van der Waals surface area (Å²) in [6.07, 6.45) is 3.43. The van der Waals surface area contributed by atoms with E-state index in [-0.39, 0.29) is 0 Å². The number of fused-ring (bicyclic) bond motifs is 6. The Bertz CT molecular complexity index is 1090. The molecule has 0 fully saturated rings. The van der Waals surface area contributed by atoms with Crippen LogP contribution in [0.3, 0.4) is 0 Å². The molecular weight excluding hydrogens is 366 g/mol. The topological polar surface area (TPSA) is 39.9 Å². The Morgan fingerprint density at radius 1 is 0.655 bits per heavy atom. The van der Waals surface area contributed by atoms with Gasteiger partial charge < -0.3 is 18.9 Å². The smallest absolute Gasteiger partial charge is 0.169 e. The fourth-order valence-corrected chi connectivity index (χ4v) is 4.99. The van der Waals surface area contributed by atoms with Gasteiger partial charge in [-0.15, -0.1) is 0 Å². The molecule has 29 heavy (non-hydrogen) atoms. The Labute approximate surface area is 170 Å². The van der Waals surface area contributed by atoms with Crippen LogP contribution in [0.4, 0.5) is 0 Å². The van der Waals surface area contributed by atoms with E-state index in [1.54, 1.807) is 34.2 Å². The lowest BCUT2D eigenvalue weighted by Crippen LogP contribution is -2.23. The molecule has 0 radical (unpaired) electrons. The number of hydrogen-bond donors (Lipinski definition) is 0. The van der Waals surface area contributed by atoms with Crippen molar-refractivity contribution in [2.75, 3.05) is 35.0 Å². The summed E-state index contributed by atoms with van der Waals surface area (Å²) in [4.78, 5) is 0. The molecule has 0 aromatic heterocycles. The van der Waals surface area contributed by atoms with E-state index in [0.717, 1.165) is 53.3 Å². The predicted octanol–water partition coefficient (Wildman–Crippen LogP) is 4.33. The van der Waals surface area contributed by atoms with Gasteiger partial charge in [0.25, 0.3) is 0 Å². The summed E-state index contributed by atoms with van der Waals surface area (Å²) in [6, 6.07) is 8.44. The summed E-state index contributed by atoms with van der Waals surface area (Å²) >= 11 is 0. The number of ether oxygens (including phenoxy) is 4. The molecule has 3 aromatic carbocycles. The van der Waals surface area contributed by atoms with Crippen LogP contribution < -0.4 is 18.9 Å². The first-order valence-electron chi connectivity index (χ1n) is 10.0. The maximum atomic E-state index is 5.63. The molecule has 2 heterocycles. The van der Waals surface area contributed by atoms with Crippen molar-refractivity contribution in [1.82, 2.24) is 0 Å². The van der Waals surface area contributed by atoms with Gasteiger partial charge in [0.15, 0.2) is 35.3 Å². The minimum absolute atomic E-state index is 0.736. The number of benzene rings is 3. The third-order valence-corrected chi connectivity index (χ3v) is 6.42. The van der Waals surface area contributed by atoms with E-state index in [0.29, 0.717) is 0 Å². The first kappa shape index (κ1) is 18.1. The summed E-state index contributed by atoms with van der Waals surface area (Å²) < 4.78 is 25.0. The second kappa shape index (κ2) is 6.83. The van der Waals surface area contributed by atoms with Gasteiger partial charge in [-0.1, -0.05) is 0 Å². The van der Waals surface area contributed by atoms with E-state index >= 15 is 0 Å². The van der Waals surface area contributed by atoms with Crippen LogP contribution in [0.25, 0.3) is 21.5 Å². The molecule has 150 valence electrons. The third-order valence-electron chi connectivity index (χ3n) is 6.42. The second-order valence-corrected chi connectivity index (χ2v) is 7.73. The van der Waals surface area contributed by atoms with Gasteiger partial charge in [-0.3, -0.25) is 0 Å². The van der Waals surface area contributed by atoms with Crippen molar-refractivity contribution >= 4 is 27.3 Å². The molecular formula is C24H26NO4+. The minimum Gasteiger partial charge on any atom is -0.493 e. The van der Waals surface area contributed by atoms with Gasteiger partial charge in [0.2, 0.25) is 0 Å². The van der Waals surface area contributed by atoms with Crippen LogP contribution >= 0.6 is 0 Å². The Morgan fingerprint density at radius 2 is 1.14 bits per heavy atom. The molecule has 5 rings (SSSR count). The normalized spacial score (nSPS) is 15.4. The van der Waals surface area contributed by atoms with E-state index < -0.39 is 0 Å². The highest BCUT2D eigenvalue weighted by Crippen LogP contribution is 2.44. The highest BCUT2D eigenvalue weighted by molar-refractivity contribution is 6.13. The molecule has 0 spiro atoms. The zero-order valence-electron chi connectivity index (χ0n) is 17.4. The molecule has 2 aliphatic rings. The third kappa shape index (κ3) is 2.64. The fourth-order valence-electron chi connectivity index (χ4n) is 4.99. The van der Waals surface area contributed by atoms with Gasteiger partial charge in [-0.2, -0.15) is 0 Å². The van der Waals surface area contributed by atoms with E-state index in [1.165, 1.54) is 34.7 Å². The summed E-state index contributed by atoms with van der Waals surface area (Å²) in [7, 11) is 6.75. The van der Waals surface area contributed by atoms with Gasteiger partial charge >= 0.3 is 0 Å². The van der Waals surface area contributed by atoms with E-state index in [9.17, 15) is 0 Å². The van der Waals surface area contributed by atoms with Crippen molar-refractivity contribution < 1.29 is 23.5 Å².